The number of nitrogens with one attached hydrogen (secondary N) is 1. The zero-order valence-electron chi connectivity index (χ0n) is 16.7. The number of fused-ring (bicyclic) bond motifs is 1. The number of hydrogen-bond acceptors (Lipinski definition) is 7. The van der Waals surface area contributed by atoms with Gasteiger partial charge in [0.1, 0.15) is 17.3 Å². The molecule has 9 heteroatoms. The Morgan fingerprint density at radius 3 is 2.71 bits per heavy atom. The fraction of sp³-hybridized carbons (Fsp3) is 0.136. The first-order valence-electron chi connectivity index (χ1n) is 9.46. The number of rotatable bonds is 7. The minimum absolute atomic E-state index is 0.132. The van der Waals surface area contributed by atoms with Crippen molar-refractivity contribution in [1.29, 1.82) is 5.26 Å². The Morgan fingerprint density at radius 1 is 1.19 bits per heavy atom. The number of nitriles is 1. The van der Waals surface area contributed by atoms with Crippen molar-refractivity contribution in [1.82, 2.24) is 19.5 Å². The van der Waals surface area contributed by atoms with Crippen molar-refractivity contribution in [3.63, 3.8) is 0 Å². The third-order valence-electron chi connectivity index (χ3n) is 4.64. The van der Waals surface area contributed by atoms with Crippen LogP contribution in [0.2, 0.25) is 0 Å². The molecule has 2 aromatic carbocycles. The molecule has 9 nitrogen and oxygen atoms in total. The van der Waals surface area contributed by atoms with Crippen molar-refractivity contribution in [2.45, 2.75) is 13.0 Å². The zero-order chi connectivity index (χ0) is 21.8. The van der Waals surface area contributed by atoms with Gasteiger partial charge in [-0.2, -0.15) is 15.2 Å². The van der Waals surface area contributed by atoms with Crippen molar-refractivity contribution in [3.8, 4) is 11.8 Å². The number of aromatic nitrogens is 4. The van der Waals surface area contributed by atoms with E-state index in [-0.39, 0.29) is 18.1 Å². The van der Waals surface area contributed by atoms with E-state index < -0.39 is 5.91 Å². The fourth-order valence-electron chi connectivity index (χ4n) is 3.21. The summed E-state index contributed by atoms with van der Waals surface area (Å²) in [5, 5.41) is 12.6. The molecule has 4 aromatic rings. The average molecular weight is 413 g/mol. The van der Waals surface area contributed by atoms with Crippen LogP contribution in [0.3, 0.4) is 0 Å². The molecule has 0 radical (unpaired) electrons. The average Bonchev–Trinajstić information content (AvgIpc) is 3.16. The highest BCUT2D eigenvalue weighted by atomic mass is 16.5. The highest BCUT2D eigenvalue weighted by Gasteiger charge is 2.14. The number of hydrogen-bond donors (Lipinski definition) is 2. The van der Waals surface area contributed by atoms with Crippen molar-refractivity contribution >= 4 is 28.7 Å². The molecule has 0 fully saturated rings. The van der Waals surface area contributed by atoms with Crippen LogP contribution in [0.4, 0.5) is 11.6 Å². The Bertz CT molecular complexity index is 1290. The lowest BCUT2D eigenvalue weighted by Gasteiger charge is -2.09. The van der Waals surface area contributed by atoms with Gasteiger partial charge in [-0.05, 0) is 35.4 Å². The number of amides is 1. The number of methoxy groups -OCH3 is 1. The second-order valence-electron chi connectivity index (χ2n) is 6.87. The summed E-state index contributed by atoms with van der Waals surface area (Å²) in [4.78, 5) is 24.4. The number of ether oxygens (including phenoxy) is 1. The monoisotopic (exact) mass is 413 g/mol. The third-order valence-corrected chi connectivity index (χ3v) is 4.64. The minimum Gasteiger partial charge on any atom is -0.497 e. The van der Waals surface area contributed by atoms with Crippen molar-refractivity contribution in [3.05, 3.63) is 71.7 Å². The van der Waals surface area contributed by atoms with Crippen molar-refractivity contribution in [2.24, 2.45) is 5.73 Å². The number of anilines is 2. The quantitative estimate of drug-likeness (QED) is 0.476. The van der Waals surface area contributed by atoms with E-state index in [4.69, 9.17) is 10.5 Å². The van der Waals surface area contributed by atoms with E-state index in [1.807, 2.05) is 41.0 Å². The fourth-order valence-corrected chi connectivity index (χ4v) is 3.21. The second kappa shape index (κ2) is 8.51. The summed E-state index contributed by atoms with van der Waals surface area (Å²) >= 11 is 0. The Hall–Kier alpha value is -4.45. The van der Waals surface area contributed by atoms with Crippen LogP contribution in [0.1, 0.15) is 16.8 Å². The van der Waals surface area contributed by atoms with Gasteiger partial charge < -0.3 is 20.4 Å². The summed E-state index contributed by atoms with van der Waals surface area (Å²) in [5.41, 5.74) is 8.91. The molecule has 0 aliphatic carbocycles. The topological polar surface area (TPSA) is 132 Å². The summed E-state index contributed by atoms with van der Waals surface area (Å²) in [6, 6.07) is 17.0. The molecule has 2 heterocycles. The molecular formula is C22H19N7O2. The van der Waals surface area contributed by atoms with Crippen LogP contribution in [0.15, 0.2) is 54.9 Å². The maximum atomic E-state index is 11.2. The molecule has 0 spiro atoms. The van der Waals surface area contributed by atoms with Gasteiger partial charge in [0.2, 0.25) is 11.9 Å². The van der Waals surface area contributed by atoms with E-state index in [2.05, 4.69) is 26.3 Å². The number of carbonyl (C=O) groups is 1. The smallest absolute Gasteiger partial charge is 0.230 e. The van der Waals surface area contributed by atoms with Crippen LogP contribution >= 0.6 is 0 Å². The van der Waals surface area contributed by atoms with Gasteiger partial charge in [-0.25, -0.2) is 4.98 Å². The molecule has 2 aromatic heterocycles. The van der Waals surface area contributed by atoms with Crippen LogP contribution in [0, 0.1) is 11.3 Å². The summed E-state index contributed by atoms with van der Waals surface area (Å²) < 4.78 is 7.05. The molecule has 3 N–H and O–H groups in total. The standard InChI is InChI=1S/C22H19N7O2/c1-31-17-7-5-14(6-8-17)12-29-13-25-20-18(11-23)27-22(28-21(20)29)26-16-4-2-3-15(9-16)10-19(24)30/h2-9,13H,10,12H2,1H3,(H2,24,30)(H,26,27,28). The minimum atomic E-state index is -0.413. The van der Waals surface area contributed by atoms with Crippen LogP contribution in [-0.2, 0) is 17.8 Å². The van der Waals surface area contributed by atoms with Crippen LogP contribution in [0.5, 0.6) is 5.75 Å². The van der Waals surface area contributed by atoms with E-state index in [0.717, 1.165) is 16.9 Å². The number of nitrogens with zero attached hydrogens (tertiary/aromatic N) is 5. The molecule has 0 atom stereocenters. The normalized spacial score (nSPS) is 10.6. The molecule has 0 unspecified atom stereocenters. The number of benzene rings is 2. The maximum Gasteiger partial charge on any atom is 0.230 e. The molecule has 0 saturated heterocycles. The molecule has 4 rings (SSSR count). The number of primary amides is 1. The van der Waals surface area contributed by atoms with Crippen LogP contribution in [-0.4, -0.2) is 32.5 Å². The molecule has 0 aliphatic heterocycles. The highest BCUT2D eigenvalue weighted by molar-refractivity contribution is 5.79. The number of imidazole rings is 1. The summed E-state index contributed by atoms with van der Waals surface area (Å²) in [6.07, 6.45) is 1.77. The second-order valence-corrected chi connectivity index (χ2v) is 6.87. The number of nitrogens with two attached hydrogens (primary N) is 1. The largest absolute Gasteiger partial charge is 0.497 e. The van der Waals surface area contributed by atoms with Gasteiger partial charge in [0.05, 0.1) is 26.4 Å². The Labute approximate surface area is 178 Å². The lowest BCUT2D eigenvalue weighted by atomic mass is 10.1. The van der Waals surface area contributed by atoms with Crippen LogP contribution in [0.25, 0.3) is 11.2 Å². The Morgan fingerprint density at radius 2 is 2.00 bits per heavy atom. The van der Waals surface area contributed by atoms with E-state index >= 15 is 0 Å². The first-order valence-corrected chi connectivity index (χ1v) is 9.46. The Kier molecular flexibility index (Phi) is 5.45. The lowest BCUT2D eigenvalue weighted by Crippen LogP contribution is -2.13. The molecule has 1 amide bonds. The molecular weight excluding hydrogens is 394 g/mol. The van der Waals surface area contributed by atoms with Gasteiger partial charge in [0, 0.05) is 5.69 Å². The summed E-state index contributed by atoms with van der Waals surface area (Å²) in [6.45, 7) is 0.524. The van der Waals surface area contributed by atoms with Gasteiger partial charge in [-0.15, -0.1) is 0 Å². The van der Waals surface area contributed by atoms with Gasteiger partial charge in [0.15, 0.2) is 11.3 Å². The van der Waals surface area contributed by atoms with Gasteiger partial charge in [-0.1, -0.05) is 24.3 Å². The highest BCUT2D eigenvalue weighted by Crippen LogP contribution is 2.21. The summed E-state index contributed by atoms with van der Waals surface area (Å²) in [5.74, 6) is 0.624. The molecule has 0 saturated carbocycles. The lowest BCUT2D eigenvalue weighted by molar-refractivity contribution is -0.117. The van der Waals surface area contributed by atoms with E-state index in [9.17, 15) is 10.1 Å². The molecule has 0 aliphatic rings. The van der Waals surface area contributed by atoms with Crippen molar-refractivity contribution in [2.75, 3.05) is 12.4 Å². The van der Waals surface area contributed by atoms with Crippen molar-refractivity contribution < 1.29 is 9.53 Å². The predicted molar refractivity (Wildman–Crippen MR) is 115 cm³/mol. The molecule has 154 valence electrons. The predicted octanol–water partition coefficient (Wildman–Crippen LogP) is 2.53. The van der Waals surface area contributed by atoms with Gasteiger partial charge >= 0.3 is 0 Å². The molecule has 0 bridgehead atoms. The summed E-state index contributed by atoms with van der Waals surface area (Å²) in [7, 11) is 1.62. The Balaban J connectivity index is 1.66. The number of carbonyl (C=O) groups excluding carboxylic acids is 1. The van der Waals surface area contributed by atoms with Gasteiger partial charge in [-0.3, -0.25) is 4.79 Å². The van der Waals surface area contributed by atoms with E-state index in [1.165, 1.54) is 0 Å². The zero-order valence-corrected chi connectivity index (χ0v) is 16.7. The first-order chi connectivity index (χ1) is 15.1. The third kappa shape index (κ3) is 4.43. The van der Waals surface area contributed by atoms with Gasteiger partial charge in [0.25, 0.3) is 0 Å². The first kappa shape index (κ1) is 19.8. The maximum absolute atomic E-state index is 11.2. The molecule has 31 heavy (non-hydrogen) atoms. The SMILES string of the molecule is COc1ccc(Cn2cnc3c(C#N)nc(Nc4cccc(CC(N)=O)c4)nc32)cc1. The van der Waals surface area contributed by atoms with Crippen LogP contribution < -0.4 is 15.8 Å². The van der Waals surface area contributed by atoms with E-state index in [1.54, 1.807) is 25.6 Å². The van der Waals surface area contributed by atoms with E-state index in [0.29, 0.717) is 23.4 Å².